The average Bonchev–Trinajstić information content (AvgIpc) is 3.16. The van der Waals surface area contributed by atoms with Gasteiger partial charge in [0, 0.05) is 37.6 Å². The van der Waals surface area contributed by atoms with E-state index in [-0.39, 0.29) is 5.91 Å². The number of ether oxygens (including phenoxy) is 1. The van der Waals surface area contributed by atoms with E-state index >= 15 is 0 Å². The molecule has 27 heavy (non-hydrogen) atoms. The maximum atomic E-state index is 12.5. The van der Waals surface area contributed by atoms with Crippen LogP contribution in [0.1, 0.15) is 23.3 Å². The number of methoxy groups -OCH3 is 1. The number of hydrogen-bond donors (Lipinski definition) is 0. The Balaban J connectivity index is 1.58. The molecule has 4 heteroatoms. The topological polar surface area (TPSA) is 42.7 Å². The number of rotatable bonds is 7. The molecular weight excluding hydrogens is 338 g/mol. The van der Waals surface area contributed by atoms with Crippen molar-refractivity contribution in [1.29, 1.82) is 0 Å². The normalized spacial score (nSPS) is 10.6. The van der Waals surface area contributed by atoms with Gasteiger partial charge < -0.3 is 14.1 Å². The van der Waals surface area contributed by atoms with Crippen LogP contribution in [0.5, 0.6) is 5.75 Å². The molecule has 0 spiro atoms. The zero-order chi connectivity index (χ0) is 19.2. The Hall–Kier alpha value is -3.01. The van der Waals surface area contributed by atoms with Crippen molar-refractivity contribution in [3.05, 3.63) is 77.6 Å². The molecule has 0 fully saturated rings. The van der Waals surface area contributed by atoms with Crippen molar-refractivity contribution >= 4 is 5.91 Å². The van der Waals surface area contributed by atoms with Gasteiger partial charge in [-0.25, -0.2) is 0 Å². The molecule has 1 amide bonds. The summed E-state index contributed by atoms with van der Waals surface area (Å²) in [7, 11) is 3.47. The molecule has 0 atom stereocenters. The second kappa shape index (κ2) is 8.58. The van der Waals surface area contributed by atoms with Gasteiger partial charge in [0.2, 0.25) is 5.91 Å². The fourth-order valence-corrected chi connectivity index (χ4v) is 3.07. The van der Waals surface area contributed by atoms with Crippen LogP contribution in [0.15, 0.2) is 65.1 Å². The molecule has 0 N–H and O–H groups in total. The highest BCUT2D eigenvalue weighted by atomic mass is 16.5. The second-order valence-corrected chi connectivity index (χ2v) is 6.70. The van der Waals surface area contributed by atoms with E-state index in [1.54, 1.807) is 12.0 Å². The molecule has 0 unspecified atom stereocenters. The molecule has 140 valence electrons. The van der Waals surface area contributed by atoms with Gasteiger partial charge in [-0.3, -0.25) is 4.79 Å². The summed E-state index contributed by atoms with van der Waals surface area (Å²) in [6.07, 6.45) is 0.993. The minimum absolute atomic E-state index is 0.0798. The summed E-state index contributed by atoms with van der Waals surface area (Å²) in [6.45, 7) is 2.56. The Morgan fingerprint density at radius 1 is 1.07 bits per heavy atom. The predicted octanol–water partition coefficient (Wildman–Crippen LogP) is 4.85. The molecule has 0 saturated carbocycles. The quantitative estimate of drug-likeness (QED) is 0.602. The van der Waals surface area contributed by atoms with Crippen LogP contribution >= 0.6 is 0 Å². The van der Waals surface area contributed by atoms with Crippen molar-refractivity contribution in [3.63, 3.8) is 0 Å². The van der Waals surface area contributed by atoms with Gasteiger partial charge in [0.25, 0.3) is 0 Å². The molecule has 1 aromatic heterocycles. The number of furan rings is 1. The molecule has 1 heterocycles. The standard InChI is InChI=1S/C23H25NO3/c1-17-9-12-21(26-3)19(15-17)16-24(2)23(25)14-11-20-10-13-22(27-20)18-7-5-4-6-8-18/h4-10,12-13,15H,11,14,16H2,1-3H3. The monoisotopic (exact) mass is 363 g/mol. The third-order valence-corrected chi connectivity index (χ3v) is 4.57. The van der Waals surface area contributed by atoms with Gasteiger partial charge in [-0.05, 0) is 25.1 Å². The average molecular weight is 363 g/mol. The van der Waals surface area contributed by atoms with E-state index in [9.17, 15) is 4.79 Å². The molecule has 0 aliphatic carbocycles. The highest BCUT2D eigenvalue weighted by Gasteiger charge is 2.14. The molecule has 0 bridgehead atoms. The Labute approximate surface area is 160 Å². The summed E-state index contributed by atoms with van der Waals surface area (Å²) in [5, 5.41) is 0. The van der Waals surface area contributed by atoms with Crippen molar-refractivity contribution in [1.82, 2.24) is 4.90 Å². The van der Waals surface area contributed by atoms with Crippen LogP contribution in [0, 0.1) is 6.92 Å². The van der Waals surface area contributed by atoms with Gasteiger partial charge in [0.05, 0.1) is 7.11 Å². The predicted molar refractivity (Wildman–Crippen MR) is 107 cm³/mol. The fraction of sp³-hybridized carbons (Fsp3) is 0.261. The lowest BCUT2D eigenvalue weighted by Gasteiger charge is -2.19. The van der Waals surface area contributed by atoms with Gasteiger partial charge >= 0.3 is 0 Å². The van der Waals surface area contributed by atoms with Crippen molar-refractivity contribution in [2.45, 2.75) is 26.3 Å². The zero-order valence-corrected chi connectivity index (χ0v) is 16.1. The molecule has 0 radical (unpaired) electrons. The first-order chi connectivity index (χ1) is 13.1. The van der Waals surface area contributed by atoms with Crippen LogP contribution in [0.4, 0.5) is 0 Å². The molecule has 3 aromatic rings. The first-order valence-electron chi connectivity index (χ1n) is 9.08. The molecule has 2 aromatic carbocycles. The maximum Gasteiger partial charge on any atom is 0.223 e. The second-order valence-electron chi connectivity index (χ2n) is 6.70. The molecular formula is C23H25NO3. The van der Waals surface area contributed by atoms with Gasteiger partial charge in [0.1, 0.15) is 17.3 Å². The van der Waals surface area contributed by atoms with E-state index in [0.29, 0.717) is 19.4 Å². The molecule has 0 aliphatic heterocycles. The summed E-state index contributed by atoms with van der Waals surface area (Å²) in [5.74, 6) is 2.54. The highest BCUT2D eigenvalue weighted by molar-refractivity contribution is 5.76. The number of carbonyl (C=O) groups is 1. The number of carbonyl (C=O) groups excluding carboxylic acids is 1. The summed E-state index contributed by atoms with van der Waals surface area (Å²) >= 11 is 0. The lowest BCUT2D eigenvalue weighted by Crippen LogP contribution is -2.26. The number of amides is 1. The van der Waals surface area contributed by atoms with Crippen molar-refractivity contribution in [2.24, 2.45) is 0 Å². The number of hydrogen-bond acceptors (Lipinski definition) is 3. The van der Waals surface area contributed by atoms with E-state index in [1.807, 2.05) is 68.6 Å². The first kappa shape index (κ1) is 18.8. The summed E-state index contributed by atoms with van der Waals surface area (Å²) < 4.78 is 11.3. The Morgan fingerprint density at radius 3 is 2.59 bits per heavy atom. The van der Waals surface area contributed by atoms with Gasteiger partial charge in [-0.15, -0.1) is 0 Å². The molecule has 4 nitrogen and oxygen atoms in total. The van der Waals surface area contributed by atoms with E-state index < -0.39 is 0 Å². The zero-order valence-electron chi connectivity index (χ0n) is 16.1. The summed E-state index contributed by atoms with van der Waals surface area (Å²) in [4.78, 5) is 14.3. The Morgan fingerprint density at radius 2 is 1.85 bits per heavy atom. The largest absolute Gasteiger partial charge is 0.496 e. The lowest BCUT2D eigenvalue weighted by atomic mass is 10.1. The molecule has 0 aliphatic rings. The highest BCUT2D eigenvalue weighted by Crippen LogP contribution is 2.23. The summed E-state index contributed by atoms with van der Waals surface area (Å²) in [5.41, 5.74) is 3.20. The lowest BCUT2D eigenvalue weighted by molar-refractivity contribution is -0.130. The van der Waals surface area contributed by atoms with Crippen molar-refractivity contribution in [3.8, 4) is 17.1 Å². The first-order valence-corrected chi connectivity index (χ1v) is 9.08. The van der Waals surface area contributed by atoms with Crippen molar-refractivity contribution < 1.29 is 13.9 Å². The Kier molecular flexibility index (Phi) is 5.97. The van der Waals surface area contributed by atoms with E-state index in [0.717, 1.165) is 34.0 Å². The third-order valence-electron chi connectivity index (χ3n) is 4.57. The Bertz CT molecular complexity index is 899. The van der Waals surface area contributed by atoms with Crippen LogP contribution in [0.2, 0.25) is 0 Å². The van der Waals surface area contributed by atoms with Crippen LogP contribution in [-0.4, -0.2) is 25.0 Å². The van der Waals surface area contributed by atoms with Gasteiger partial charge in [-0.1, -0.05) is 48.0 Å². The number of benzene rings is 2. The third kappa shape index (κ3) is 4.79. The molecule has 3 rings (SSSR count). The molecule has 0 saturated heterocycles. The minimum Gasteiger partial charge on any atom is -0.496 e. The van der Waals surface area contributed by atoms with Crippen molar-refractivity contribution in [2.75, 3.05) is 14.2 Å². The van der Waals surface area contributed by atoms with Crippen LogP contribution in [-0.2, 0) is 17.8 Å². The number of nitrogens with zero attached hydrogens (tertiary/aromatic N) is 1. The van der Waals surface area contributed by atoms with E-state index in [4.69, 9.17) is 9.15 Å². The van der Waals surface area contributed by atoms with E-state index in [2.05, 4.69) is 6.07 Å². The summed E-state index contributed by atoms with van der Waals surface area (Å²) in [6, 6.07) is 19.9. The van der Waals surface area contributed by atoms with Gasteiger partial charge in [0.15, 0.2) is 0 Å². The minimum atomic E-state index is 0.0798. The number of aryl methyl sites for hydroxylation is 2. The van der Waals surface area contributed by atoms with E-state index in [1.165, 1.54) is 0 Å². The van der Waals surface area contributed by atoms with Crippen LogP contribution in [0.25, 0.3) is 11.3 Å². The van der Waals surface area contributed by atoms with Crippen LogP contribution < -0.4 is 4.74 Å². The fourth-order valence-electron chi connectivity index (χ4n) is 3.07. The maximum absolute atomic E-state index is 12.5. The smallest absolute Gasteiger partial charge is 0.223 e. The van der Waals surface area contributed by atoms with Gasteiger partial charge in [-0.2, -0.15) is 0 Å². The SMILES string of the molecule is COc1ccc(C)cc1CN(C)C(=O)CCc1ccc(-c2ccccc2)o1. The van der Waals surface area contributed by atoms with Crippen LogP contribution in [0.3, 0.4) is 0 Å².